The normalized spacial score (nSPS) is 11.3. The number of imidazole rings is 2. The Hall–Kier alpha value is -2.14. The zero-order valence-electron chi connectivity index (χ0n) is 11.1. The van der Waals surface area contributed by atoms with E-state index >= 15 is 0 Å². The highest BCUT2D eigenvalue weighted by Gasteiger charge is 2.11. The van der Waals surface area contributed by atoms with Crippen LogP contribution in [0.2, 0.25) is 0 Å². The van der Waals surface area contributed by atoms with Crippen molar-refractivity contribution in [2.45, 2.75) is 13.3 Å². The second-order valence-electron chi connectivity index (χ2n) is 4.75. The number of aryl methyl sites for hydroxylation is 2. The zero-order valence-corrected chi connectivity index (χ0v) is 11.1. The number of H-pyrrole nitrogens is 1. The summed E-state index contributed by atoms with van der Waals surface area (Å²) in [6, 6.07) is 6.23. The third-order valence-electron chi connectivity index (χ3n) is 3.29. The number of nitrogens with one attached hydrogen (secondary N) is 1. The van der Waals surface area contributed by atoms with Gasteiger partial charge in [-0.15, -0.1) is 0 Å². The molecule has 98 valence electrons. The van der Waals surface area contributed by atoms with E-state index in [0.717, 1.165) is 40.2 Å². The predicted octanol–water partition coefficient (Wildman–Crippen LogP) is 1.77. The Bertz CT molecular complexity index is 723. The summed E-state index contributed by atoms with van der Waals surface area (Å²) < 4.78 is 2.01. The van der Waals surface area contributed by atoms with Crippen molar-refractivity contribution < 1.29 is 0 Å². The second-order valence-corrected chi connectivity index (χ2v) is 4.75. The molecule has 3 aromatic rings. The Morgan fingerprint density at radius 2 is 2.21 bits per heavy atom. The number of rotatable bonds is 3. The molecule has 0 saturated carbocycles. The van der Waals surface area contributed by atoms with Crippen molar-refractivity contribution in [1.82, 2.24) is 19.5 Å². The maximum Gasteiger partial charge on any atom is 0.103 e. The number of nitrogens with zero attached hydrogens (tertiary/aromatic N) is 3. The minimum Gasteiger partial charge on any atom is -0.346 e. The van der Waals surface area contributed by atoms with Gasteiger partial charge in [0.25, 0.3) is 0 Å². The average molecular weight is 255 g/mol. The van der Waals surface area contributed by atoms with E-state index in [1.807, 2.05) is 24.9 Å². The molecule has 19 heavy (non-hydrogen) atoms. The molecule has 1 aromatic carbocycles. The minimum absolute atomic E-state index is 0.612. The SMILES string of the molecule is Cc1nc(-c2ccc3c(c2)ncn3C)c(CCN)[nH]1. The van der Waals surface area contributed by atoms with E-state index in [1.165, 1.54) is 0 Å². The lowest BCUT2D eigenvalue weighted by Crippen LogP contribution is -2.04. The van der Waals surface area contributed by atoms with Crippen molar-refractivity contribution in [2.75, 3.05) is 6.54 Å². The molecular formula is C14H17N5. The van der Waals surface area contributed by atoms with Gasteiger partial charge in [-0.1, -0.05) is 6.07 Å². The monoisotopic (exact) mass is 255 g/mol. The van der Waals surface area contributed by atoms with Crippen LogP contribution in [0.4, 0.5) is 0 Å². The molecule has 0 radical (unpaired) electrons. The average Bonchev–Trinajstić information content (AvgIpc) is 2.94. The van der Waals surface area contributed by atoms with E-state index in [-0.39, 0.29) is 0 Å². The standard InChI is InChI=1S/C14H17N5/c1-9-17-11(5-6-15)14(18-9)10-3-4-13-12(7-10)16-8-19(13)2/h3-4,7-8H,5-6,15H2,1-2H3,(H,17,18). The lowest BCUT2D eigenvalue weighted by Gasteiger charge is -2.02. The molecule has 0 fully saturated rings. The van der Waals surface area contributed by atoms with E-state index in [0.29, 0.717) is 6.54 Å². The summed E-state index contributed by atoms with van der Waals surface area (Å²) in [4.78, 5) is 12.2. The second kappa shape index (κ2) is 4.51. The van der Waals surface area contributed by atoms with Gasteiger partial charge >= 0.3 is 0 Å². The van der Waals surface area contributed by atoms with Gasteiger partial charge < -0.3 is 15.3 Å². The van der Waals surface area contributed by atoms with E-state index < -0.39 is 0 Å². The quantitative estimate of drug-likeness (QED) is 0.749. The van der Waals surface area contributed by atoms with Gasteiger partial charge in [-0.2, -0.15) is 0 Å². The molecule has 3 N–H and O–H groups in total. The molecule has 5 nitrogen and oxygen atoms in total. The summed E-state index contributed by atoms with van der Waals surface area (Å²) in [5, 5.41) is 0. The molecule has 2 heterocycles. The topological polar surface area (TPSA) is 72.5 Å². The summed E-state index contributed by atoms with van der Waals surface area (Å²) in [7, 11) is 1.99. The van der Waals surface area contributed by atoms with Crippen molar-refractivity contribution in [2.24, 2.45) is 12.8 Å². The van der Waals surface area contributed by atoms with Crippen molar-refractivity contribution in [3.63, 3.8) is 0 Å². The fraction of sp³-hybridized carbons (Fsp3) is 0.286. The molecule has 0 bridgehead atoms. The van der Waals surface area contributed by atoms with Crippen LogP contribution in [0, 0.1) is 6.92 Å². The van der Waals surface area contributed by atoms with Crippen LogP contribution in [0.15, 0.2) is 24.5 Å². The summed E-state index contributed by atoms with van der Waals surface area (Å²) in [5.41, 5.74) is 10.9. The zero-order chi connectivity index (χ0) is 13.4. The molecule has 0 aliphatic carbocycles. The number of hydrogen-bond acceptors (Lipinski definition) is 3. The van der Waals surface area contributed by atoms with Crippen LogP contribution in [-0.2, 0) is 13.5 Å². The summed E-state index contributed by atoms with van der Waals surface area (Å²) >= 11 is 0. The van der Waals surface area contributed by atoms with Gasteiger partial charge in [0.15, 0.2) is 0 Å². The van der Waals surface area contributed by atoms with E-state index in [1.54, 1.807) is 0 Å². The molecular weight excluding hydrogens is 238 g/mol. The Labute approximate surface area is 111 Å². The number of hydrogen-bond donors (Lipinski definition) is 2. The first kappa shape index (κ1) is 11.9. The smallest absolute Gasteiger partial charge is 0.103 e. The van der Waals surface area contributed by atoms with Crippen molar-refractivity contribution in [1.29, 1.82) is 0 Å². The molecule has 2 aromatic heterocycles. The highest BCUT2D eigenvalue weighted by atomic mass is 15.0. The predicted molar refractivity (Wildman–Crippen MR) is 75.8 cm³/mol. The van der Waals surface area contributed by atoms with Crippen LogP contribution in [0.1, 0.15) is 11.5 Å². The molecule has 0 aliphatic rings. The molecule has 0 unspecified atom stereocenters. The highest BCUT2D eigenvalue weighted by Crippen LogP contribution is 2.25. The number of aromatic amines is 1. The van der Waals surface area contributed by atoms with Crippen molar-refractivity contribution in [3.05, 3.63) is 36.0 Å². The highest BCUT2D eigenvalue weighted by molar-refractivity contribution is 5.81. The van der Waals surface area contributed by atoms with Gasteiger partial charge in [0.05, 0.1) is 23.1 Å². The fourth-order valence-corrected chi connectivity index (χ4v) is 2.39. The third kappa shape index (κ3) is 2.02. The van der Waals surface area contributed by atoms with Crippen LogP contribution in [0.3, 0.4) is 0 Å². The van der Waals surface area contributed by atoms with E-state index in [2.05, 4.69) is 33.2 Å². The van der Waals surface area contributed by atoms with Gasteiger partial charge in [-0.25, -0.2) is 9.97 Å². The van der Waals surface area contributed by atoms with Crippen molar-refractivity contribution >= 4 is 11.0 Å². The van der Waals surface area contributed by atoms with Crippen LogP contribution in [0.25, 0.3) is 22.3 Å². The van der Waals surface area contributed by atoms with Crippen LogP contribution < -0.4 is 5.73 Å². The van der Waals surface area contributed by atoms with Crippen LogP contribution in [-0.4, -0.2) is 26.1 Å². The maximum absolute atomic E-state index is 5.65. The number of fused-ring (bicyclic) bond motifs is 1. The molecule has 0 aliphatic heterocycles. The van der Waals surface area contributed by atoms with E-state index in [4.69, 9.17) is 5.73 Å². The number of nitrogens with two attached hydrogens (primary N) is 1. The molecule has 0 spiro atoms. The van der Waals surface area contributed by atoms with E-state index in [9.17, 15) is 0 Å². The number of benzene rings is 1. The Morgan fingerprint density at radius 3 is 3.00 bits per heavy atom. The lowest BCUT2D eigenvalue weighted by atomic mass is 10.1. The molecule has 0 atom stereocenters. The Morgan fingerprint density at radius 1 is 1.37 bits per heavy atom. The Kier molecular flexibility index (Phi) is 2.83. The summed E-state index contributed by atoms with van der Waals surface area (Å²) in [6.45, 7) is 2.57. The first-order valence-electron chi connectivity index (χ1n) is 6.36. The minimum atomic E-state index is 0.612. The van der Waals surface area contributed by atoms with Crippen LogP contribution in [0.5, 0.6) is 0 Å². The first-order chi connectivity index (χ1) is 9.19. The third-order valence-corrected chi connectivity index (χ3v) is 3.29. The summed E-state index contributed by atoms with van der Waals surface area (Å²) in [6.07, 6.45) is 2.63. The number of aromatic nitrogens is 4. The van der Waals surface area contributed by atoms with Gasteiger partial charge in [-0.05, 0) is 25.6 Å². The first-order valence-corrected chi connectivity index (χ1v) is 6.36. The fourth-order valence-electron chi connectivity index (χ4n) is 2.39. The van der Waals surface area contributed by atoms with Gasteiger partial charge in [0.1, 0.15) is 5.82 Å². The maximum atomic E-state index is 5.65. The largest absolute Gasteiger partial charge is 0.346 e. The van der Waals surface area contributed by atoms with Crippen LogP contribution >= 0.6 is 0 Å². The molecule has 5 heteroatoms. The Balaban J connectivity index is 2.13. The van der Waals surface area contributed by atoms with Gasteiger partial charge in [0.2, 0.25) is 0 Å². The molecule has 0 amide bonds. The summed E-state index contributed by atoms with van der Waals surface area (Å²) in [5.74, 6) is 0.916. The van der Waals surface area contributed by atoms with Gasteiger partial charge in [0, 0.05) is 24.7 Å². The van der Waals surface area contributed by atoms with Gasteiger partial charge in [-0.3, -0.25) is 0 Å². The lowest BCUT2D eigenvalue weighted by molar-refractivity contribution is 0.930. The van der Waals surface area contributed by atoms with Crippen molar-refractivity contribution in [3.8, 4) is 11.3 Å². The molecule has 3 rings (SSSR count). The molecule has 0 saturated heterocycles.